The van der Waals surface area contributed by atoms with Crippen molar-refractivity contribution in [3.05, 3.63) is 0 Å². The Bertz CT molecular complexity index is 218. The maximum atomic E-state index is 11.0. The van der Waals surface area contributed by atoms with Crippen LogP contribution in [-0.2, 0) is 9.59 Å². The maximum Gasteiger partial charge on any atom is 0.237 e. The van der Waals surface area contributed by atoms with Gasteiger partial charge in [-0.25, -0.2) is 0 Å². The standard InChI is InChI=1S/C8H13ClN2O2/c1-5(9)8(13)10-4-6-2-3-7(12)11-6/h5-6H,2-4H2,1H3,(H,10,13)(H,11,12). The van der Waals surface area contributed by atoms with E-state index in [2.05, 4.69) is 10.6 Å². The molecule has 2 unspecified atom stereocenters. The van der Waals surface area contributed by atoms with Gasteiger partial charge < -0.3 is 10.6 Å². The highest BCUT2D eigenvalue weighted by Crippen LogP contribution is 2.05. The summed E-state index contributed by atoms with van der Waals surface area (Å²) >= 11 is 5.54. The molecule has 1 rings (SSSR count). The molecule has 0 aromatic rings. The zero-order valence-corrected chi connectivity index (χ0v) is 8.23. The van der Waals surface area contributed by atoms with Crippen molar-refractivity contribution in [2.75, 3.05) is 6.54 Å². The molecule has 4 nitrogen and oxygen atoms in total. The Hall–Kier alpha value is -0.770. The van der Waals surface area contributed by atoms with Gasteiger partial charge in [0.2, 0.25) is 11.8 Å². The van der Waals surface area contributed by atoms with Crippen LogP contribution < -0.4 is 10.6 Å². The number of alkyl halides is 1. The van der Waals surface area contributed by atoms with Crippen LogP contribution in [0.4, 0.5) is 0 Å². The first-order valence-corrected chi connectivity index (χ1v) is 4.74. The zero-order valence-electron chi connectivity index (χ0n) is 7.47. The van der Waals surface area contributed by atoms with Gasteiger partial charge in [0.25, 0.3) is 0 Å². The minimum atomic E-state index is -0.517. The van der Waals surface area contributed by atoms with Crippen LogP contribution >= 0.6 is 11.6 Å². The second kappa shape index (κ2) is 4.46. The minimum Gasteiger partial charge on any atom is -0.353 e. The molecule has 0 aromatic carbocycles. The van der Waals surface area contributed by atoms with Crippen LogP contribution in [0.2, 0.25) is 0 Å². The summed E-state index contributed by atoms with van der Waals surface area (Å²) in [5, 5.41) is 4.89. The number of rotatable bonds is 3. The Labute approximate surface area is 82.0 Å². The van der Waals surface area contributed by atoms with Crippen LogP contribution in [0.1, 0.15) is 19.8 Å². The molecule has 2 N–H and O–H groups in total. The van der Waals surface area contributed by atoms with Gasteiger partial charge >= 0.3 is 0 Å². The SMILES string of the molecule is CC(Cl)C(=O)NCC1CCC(=O)N1. The molecule has 2 atom stereocenters. The number of carbonyl (C=O) groups excluding carboxylic acids is 2. The summed E-state index contributed by atoms with van der Waals surface area (Å²) in [7, 11) is 0. The second-order valence-electron chi connectivity index (χ2n) is 3.16. The first-order valence-electron chi connectivity index (χ1n) is 4.30. The van der Waals surface area contributed by atoms with Crippen molar-refractivity contribution in [2.45, 2.75) is 31.2 Å². The van der Waals surface area contributed by atoms with Crippen LogP contribution in [0.25, 0.3) is 0 Å². The van der Waals surface area contributed by atoms with Gasteiger partial charge in [-0.2, -0.15) is 0 Å². The Balaban J connectivity index is 2.19. The fourth-order valence-electron chi connectivity index (χ4n) is 1.19. The Morgan fingerprint density at radius 2 is 2.54 bits per heavy atom. The van der Waals surface area contributed by atoms with Crippen molar-refractivity contribution in [1.29, 1.82) is 0 Å². The van der Waals surface area contributed by atoms with E-state index < -0.39 is 5.38 Å². The van der Waals surface area contributed by atoms with Crippen molar-refractivity contribution < 1.29 is 9.59 Å². The number of nitrogens with one attached hydrogen (secondary N) is 2. The van der Waals surface area contributed by atoms with Gasteiger partial charge in [-0.3, -0.25) is 9.59 Å². The molecule has 74 valence electrons. The van der Waals surface area contributed by atoms with E-state index in [9.17, 15) is 9.59 Å². The molecule has 0 aliphatic carbocycles. The minimum absolute atomic E-state index is 0.0539. The number of amides is 2. The van der Waals surface area contributed by atoms with E-state index >= 15 is 0 Å². The molecule has 1 aliphatic heterocycles. The van der Waals surface area contributed by atoms with E-state index in [0.29, 0.717) is 13.0 Å². The molecule has 1 aliphatic rings. The van der Waals surface area contributed by atoms with Crippen LogP contribution in [0.5, 0.6) is 0 Å². The van der Waals surface area contributed by atoms with E-state index in [1.165, 1.54) is 0 Å². The highest BCUT2D eigenvalue weighted by atomic mass is 35.5. The van der Waals surface area contributed by atoms with Crippen LogP contribution in [-0.4, -0.2) is 29.8 Å². The van der Waals surface area contributed by atoms with Crippen molar-refractivity contribution in [1.82, 2.24) is 10.6 Å². The third kappa shape index (κ3) is 3.22. The second-order valence-corrected chi connectivity index (χ2v) is 3.82. The van der Waals surface area contributed by atoms with Gasteiger partial charge in [-0.15, -0.1) is 11.6 Å². The average Bonchev–Trinajstić information content (AvgIpc) is 2.47. The summed E-state index contributed by atoms with van der Waals surface area (Å²) in [6.07, 6.45) is 1.34. The average molecular weight is 205 g/mol. The Morgan fingerprint density at radius 3 is 3.00 bits per heavy atom. The molecular formula is C8H13ClN2O2. The van der Waals surface area contributed by atoms with Crippen LogP contribution in [0.3, 0.4) is 0 Å². The summed E-state index contributed by atoms with van der Waals surface area (Å²) < 4.78 is 0. The van der Waals surface area contributed by atoms with Gasteiger partial charge in [0.15, 0.2) is 0 Å². The first kappa shape index (κ1) is 10.3. The van der Waals surface area contributed by atoms with Crippen molar-refractivity contribution in [2.24, 2.45) is 0 Å². The Morgan fingerprint density at radius 1 is 1.85 bits per heavy atom. The molecule has 0 saturated carbocycles. The van der Waals surface area contributed by atoms with Crippen LogP contribution in [0, 0.1) is 0 Å². The number of hydrogen-bond acceptors (Lipinski definition) is 2. The third-order valence-electron chi connectivity index (χ3n) is 1.97. The predicted octanol–water partition coefficient (Wildman–Crippen LogP) is 0.00850. The molecule has 13 heavy (non-hydrogen) atoms. The van der Waals surface area contributed by atoms with Gasteiger partial charge in [0.1, 0.15) is 5.38 Å². The lowest BCUT2D eigenvalue weighted by molar-refractivity contribution is -0.121. The lowest BCUT2D eigenvalue weighted by Gasteiger charge is -2.11. The van der Waals surface area contributed by atoms with Crippen LogP contribution in [0.15, 0.2) is 0 Å². The van der Waals surface area contributed by atoms with E-state index in [0.717, 1.165) is 6.42 Å². The van der Waals surface area contributed by atoms with Crippen molar-refractivity contribution in [3.8, 4) is 0 Å². The summed E-state index contributed by atoms with van der Waals surface area (Å²) in [5.41, 5.74) is 0. The van der Waals surface area contributed by atoms with Gasteiger partial charge in [-0.05, 0) is 13.3 Å². The molecule has 1 heterocycles. The zero-order chi connectivity index (χ0) is 9.84. The predicted molar refractivity (Wildman–Crippen MR) is 49.5 cm³/mol. The molecule has 0 radical (unpaired) electrons. The quantitative estimate of drug-likeness (QED) is 0.637. The van der Waals surface area contributed by atoms with E-state index in [4.69, 9.17) is 11.6 Å². The lowest BCUT2D eigenvalue weighted by Crippen LogP contribution is -2.40. The number of halogens is 1. The van der Waals surface area contributed by atoms with Crippen molar-refractivity contribution >= 4 is 23.4 Å². The fraction of sp³-hybridized carbons (Fsp3) is 0.750. The number of carbonyl (C=O) groups is 2. The molecule has 0 bridgehead atoms. The topological polar surface area (TPSA) is 58.2 Å². The third-order valence-corrected chi connectivity index (χ3v) is 2.17. The normalized spacial score (nSPS) is 23.8. The highest BCUT2D eigenvalue weighted by Gasteiger charge is 2.21. The van der Waals surface area contributed by atoms with Gasteiger partial charge in [0.05, 0.1) is 0 Å². The summed E-state index contributed by atoms with van der Waals surface area (Å²) in [6.45, 7) is 2.09. The Kier molecular flexibility index (Phi) is 3.54. The van der Waals surface area contributed by atoms with E-state index in [1.807, 2.05) is 0 Å². The van der Waals surface area contributed by atoms with Gasteiger partial charge in [-0.1, -0.05) is 0 Å². The summed E-state index contributed by atoms with van der Waals surface area (Å²) in [5.74, 6) is -0.138. The fourth-order valence-corrected chi connectivity index (χ4v) is 1.27. The smallest absolute Gasteiger partial charge is 0.237 e. The summed E-state index contributed by atoms with van der Waals surface area (Å²) in [4.78, 5) is 21.8. The molecule has 0 spiro atoms. The molecule has 5 heteroatoms. The lowest BCUT2D eigenvalue weighted by atomic mass is 10.2. The monoisotopic (exact) mass is 204 g/mol. The molecule has 0 aromatic heterocycles. The molecule has 1 saturated heterocycles. The first-order chi connectivity index (χ1) is 6.09. The number of hydrogen-bond donors (Lipinski definition) is 2. The molecular weight excluding hydrogens is 192 g/mol. The summed E-state index contributed by atoms with van der Waals surface area (Å²) in [6, 6.07) is 0.0758. The van der Waals surface area contributed by atoms with E-state index in [-0.39, 0.29) is 17.9 Å². The van der Waals surface area contributed by atoms with E-state index in [1.54, 1.807) is 6.92 Å². The van der Waals surface area contributed by atoms with Gasteiger partial charge in [0, 0.05) is 19.0 Å². The van der Waals surface area contributed by atoms with Crippen molar-refractivity contribution in [3.63, 3.8) is 0 Å². The molecule has 2 amide bonds. The largest absolute Gasteiger partial charge is 0.353 e. The molecule has 1 fully saturated rings. The maximum absolute atomic E-state index is 11.0. The highest BCUT2D eigenvalue weighted by molar-refractivity contribution is 6.30.